The highest BCUT2D eigenvalue weighted by atomic mass is 16.5. The fraction of sp³-hybridized carbons (Fsp3) is 0.929. The van der Waals surface area contributed by atoms with Crippen LogP contribution in [0.5, 0.6) is 0 Å². The number of nitrogens with one attached hydrogen (secondary N) is 1. The summed E-state index contributed by atoms with van der Waals surface area (Å²) in [6.07, 6.45) is 3.18. The Morgan fingerprint density at radius 1 is 1.50 bits per heavy atom. The molecule has 104 valence electrons. The number of nitrogens with zero attached hydrogens (tertiary/aromatic N) is 2. The molecule has 1 rings (SSSR count). The van der Waals surface area contributed by atoms with E-state index in [2.05, 4.69) is 23.2 Å². The summed E-state index contributed by atoms with van der Waals surface area (Å²) in [7, 11) is 0. The third-order valence-electron chi connectivity index (χ3n) is 3.69. The molecule has 1 aliphatic heterocycles. The Labute approximate surface area is 111 Å². The SMILES string of the molecule is CCNC(C)(C#N)CCCCN1CCOCC1C. The van der Waals surface area contributed by atoms with E-state index < -0.39 is 0 Å². The van der Waals surface area contributed by atoms with Crippen LogP contribution in [0.2, 0.25) is 0 Å². The number of nitriles is 1. The highest BCUT2D eigenvalue weighted by molar-refractivity contribution is 5.03. The second kappa shape index (κ2) is 7.73. The van der Waals surface area contributed by atoms with Gasteiger partial charge in [-0.1, -0.05) is 6.92 Å². The van der Waals surface area contributed by atoms with E-state index in [0.717, 1.165) is 52.1 Å². The van der Waals surface area contributed by atoms with Crippen LogP contribution in [-0.2, 0) is 4.74 Å². The number of hydrogen-bond acceptors (Lipinski definition) is 4. The summed E-state index contributed by atoms with van der Waals surface area (Å²) in [5.74, 6) is 0. The van der Waals surface area contributed by atoms with Crippen LogP contribution < -0.4 is 5.32 Å². The smallest absolute Gasteiger partial charge is 0.103 e. The Bertz CT molecular complexity index is 277. The quantitative estimate of drug-likeness (QED) is 0.703. The number of ether oxygens (including phenoxy) is 1. The lowest BCUT2D eigenvalue weighted by Gasteiger charge is -2.33. The third kappa shape index (κ3) is 4.93. The normalized spacial score (nSPS) is 24.4. The van der Waals surface area contributed by atoms with Gasteiger partial charge >= 0.3 is 0 Å². The Kier molecular flexibility index (Phi) is 6.62. The van der Waals surface area contributed by atoms with Crippen LogP contribution in [0, 0.1) is 11.3 Å². The predicted octanol–water partition coefficient (Wildman–Crippen LogP) is 1.77. The zero-order chi connectivity index (χ0) is 13.4. The van der Waals surface area contributed by atoms with E-state index in [-0.39, 0.29) is 5.54 Å². The van der Waals surface area contributed by atoms with Crippen molar-refractivity contribution in [2.45, 2.75) is 51.6 Å². The van der Waals surface area contributed by atoms with E-state index in [1.165, 1.54) is 0 Å². The van der Waals surface area contributed by atoms with Gasteiger partial charge in [0.05, 0.1) is 19.3 Å². The fourth-order valence-corrected chi connectivity index (χ4v) is 2.46. The average molecular weight is 253 g/mol. The molecule has 1 N–H and O–H groups in total. The van der Waals surface area contributed by atoms with E-state index in [4.69, 9.17) is 10.00 Å². The van der Waals surface area contributed by atoms with Crippen molar-refractivity contribution in [2.24, 2.45) is 0 Å². The maximum absolute atomic E-state index is 9.17. The van der Waals surface area contributed by atoms with Crippen LogP contribution in [0.1, 0.15) is 40.0 Å². The topological polar surface area (TPSA) is 48.3 Å². The molecule has 0 aromatic rings. The molecule has 0 aromatic carbocycles. The highest BCUT2D eigenvalue weighted by Gasteiger charge is 2.22. The summed E-state index contributed by atoms with van der Waals surface area (Å²) < 4.78 is 5.43. The summed E-state index contributed by atoms with van der Waals surface area (Å²) in [4.78, 5) is 2.49. The van der Waals surface area contributed by atoms with Crippen LogP contribution >= 0.6 is 0 Å². The lowest BCUT2D eigenvalue weighted by molar-refractivity contribution is -0.00103. The van der Waals surface area contributed by atoms with Gasteiger partial charge in [-0.2, -0.15) is 5.26 Å². The molecule has 2 unspecified atom stereocenters. The van der Waals surface area contributed by atoms with E-state index in [1.54, 1.807) is 0 Å². The maximum atomic E-state index is 9.17. The Balaban J connectivity index is 2.19. The molecule has 18 heavy (non-hydrogen) atoms. The molecule has 0 amide bonds. The van der Waals surface area contributed by atoms with Crippen molar-refractivity contribution >= 4 is 0 Å². The standard InChI is InChI=1S/C14H27N3O/c1-4-16-14(3,12-15)7-5-6-8-17-9-10-18-11-13(17)2/h13,16H,4-11H2,1-3H3. The largest absolute Gasteiger partial charge is 0.379 e. The highest BCUT2D eigenvalue weighted by Crippen LogP contribution is 2.14. The first-order valence-corrected chi connectivity index (χ1v) is 7.09. The zero-order valence-corrected chi connectivity index (χ0v) is 12.0. The van der Waals surface area contributed by atoms with Crippen molar-refractivity contribution in [3.8, 4) is 6.07 Å². The van der Waals surface area contributed by atoms with Crippen molar-refractivity contribution in [3.05, 3.63) is 0 Å². The van der Waals surface area contributed by atoms with Crippen LogP contribution in [0.25, 0.3) is 0 Å². The predicted molar refractivity (Wildman–Crippen MR) is 73.4 cm³/mol. The summed E-state index contributed by atoms with van der Waals surface area (Å²) in [6, 6.07) is 2.92. The molecule has 1 heterocycles. The minimum Gasteiger partial charge on any atom is -0.379 e. The van der Waals surface area contributed by atoms with Crippen LogP contribution in [0.3, 0.4) is 0 Å². The second-order valence-electron chi connectivity index (χ2n) is 5.39. The van der Waals surface area contributed by atoms with Crippen molar-refractivity contribution in [1.82, 2.24) is 10.2 Å². The monoisotopic (exact) mass is 253 g/mol. The van der Waals surface area contributed by atoms with Gasteiger partial charge in [-0.3, -0.25) is 10.2 Å². The number of rotatable bonds is 7. The Morgan fingerprint density at radius 2 is 2.28 bits per heavy atom. The summed E-state index contributed by atoms with van der Waals surface area (Å²) in [6.45, 7) is 11.0. The molecule has 0 aliphatic carbocycles. The van der Waals surface area contributed by atoms with Gasteiger partial charge in [0.15, 0.2) is 0 Å². The number of morpholine rings is 1. The molecule has 0 radical (unpaired) electrons. The third-order valence-corrected chi connectivity index (χ3v) is 3.69. The molecular weight excluding hydrogens is 226 g/mol. The first-order chi connectivity index (χ1) is 8.61. The van der Waals surface area contributed by atoms with Gasteiger partial charge in [0.2, 0.25) is 0 Å². The van der Waals surface area contributed by atoms with E-state index in [0.29, 0.717) is 6.04 Å². The maximum Gasteiger partial charge on any atom is 0.103 e. The Hall–Kier alpha value is -0.630. The van der Waals surface area contributed by atoms with Gasteiger partial charge in [-0.25, -0.2) is 0 Å². The first-order valence-electron chi connectivity index (χ1n) is 7.09. The molecular formula is C14H27N3O. The van der Waals surface area contributed by atoms with Gasteiger partial charge in [0.1, 0.15) is 5.54 Å². The molecule has 4 nitrogen and oxygen atoms in total. The molecule has 2 atom stereocenters. The average Bonchev–Trinajstić information content (AvgIpc) is 2.37. The summed E-state index contributed by atoms with van der Waals surface area (Å²) in [5.41, 5.74) is -0.356. The molecule has 4 heteroatoms. The minimum atomic E-state index is -0.356. The summed E-state index contributed by atoms with van der Waals surface area (Å²) >= 11 is 0. The van der Waals surface area contributed by atoms with Gasteiger partial charge in [-0.15, -0.1) is 0 Å². The Morgan fingerprint density at radius 3 is 2.89 bits per heavy atom. The van der Waals surface area contributed by atoms with E-state index in [1.807, 2.05) is 13.8 Å². The van der Waals surface area contributed by atoms with Crippen molar-refractivity contribution in [2.75, 3.05) is 32.8 Å². The van der Waals surface area contributed by atoms with Gasteiger partial charge in [0.25, 0.3) is 0 Å². The van der Waals surface area contributed by atoms with Crippen molar-refractivity contribution in [3.63, 3.8) is 0 Å². The first kappa shape index (κ1) is 15.4. The van der Waals surface area contributed by atoms with Gasteiger partial charge < -0.3 is 4.74 Å². The molecule has 1 saturated heterocycles. The molecule has 0 aromatic heterocycles. The van der Waals surface area contributed by atoms with Crippen LogP contribution in [-0.4, -0.2) is 49.3 Å². The van der Waals surface area contributed by atoms with Crippen molar-refractivity contribution < 1.29 is 4.74 Å². The summed E-state index contributed by atoms with van der Waals surface area (Å²) in [5, 5.41) is 12.4. The second-order valence-corrected chi connectivity index (χ2v) is 5.39. The number of unbranched alkanes of at least 4 members (excludes halogenated alkanes) is 1. The van der Waals surface area contributed by atoms with Gasteiger partial charge in [-0.05, 0) is 46.2 Å². The lowest BCUT2D eigenvalue weighted by atomic mass is 9.96. The van der Waals surface area contributed by atoms with Crippen LogP contribution in [0.4, 0.5) is 0 Å². The molecule has 1 fully saturated rings. The molecule has 0 saturated carbocycles. The van der Waals surface area contributed by atoms with Gasteiger partial charge in [0, 0.05) is 12.6 Å². The zero-order valence-electron chi connectivity index (χ0n) is 12.0. The molecule has 0 bridgehead atoms. The van der Waals surface area contributed by atoms with Crippen molar-refractivity contribution in [1.29, 1.82) is 5.26 Å². The van der Waals surface area contributed by atoms with E-state index >= 15 is 0 Å². The van der Waals surface area contributed by atoms with E-state index in [9.17, 15) is 0 Å². The number of hydrogen-bond donors (Lipinski definition) is 1. The minimum absolute atomic E-state index is 0.356. The fourth-order valence-electron chi connectivity index (χ4n) is 2.46. The lowest BCUT2D eigenvalue weighted by Crippen LogP contribution is -2.44. The van der Waals surface area contributed by atoms with Crippen LogP contribution in [0.15, 0.2) is 0 Å². The molecule has 1 aliphatic rings. The molecule has 0 spiro atoms.